The lowest BCUT2D eigenvalue weighted by Gasteiger charge is -2.10. The molecule has 3 aromatic rings. The highest BCUT2D eigenvalue weighted by Crippen LogP contribution is 2.23. The average Bonchev–Trinajstić information content (AvgIpc) is 3.35. The summed E-state index contributed by atoms with van der Waals surface area (Å²) in [6.45, 7) is 8.28. The number of hydrogen-bond acceptors (Lipinski definition) is 6. The number of nitrogens with zero attached hydrogens (tertiary/aromatic N) is 3. The Morgan fingerprint density at radius 2 is 2.11 bits per heavy atom. The van der Waals surface area contributed by atoms with Gasteiger partial charge in [0.15, 0.2) is 5.96 Å². The van der Waals surface area contributed by atoms with Crippen LogP contribution in [0.1, 0.15) is 28.2 Å². The van der Waals surface area contributed by atoms with Gasteiger partial charge < -0.3 is 15.1 Å². The van der Waals surface area contributed by atoms with Crippen molar-refractivity contribution in [3.8, 4) is 10.8 Å². The minimum Gasteiger partial charge on any atom is -0.443 e. The molecular weight excluding hydrogens is 493 g/mol. The molecule has 0 aromatic carbocycles. The van der Waals surface area contributed by atoms with Crippen molar-refractivity contribution in [2.24, 2.45) is 4.99 Å². The van der Waals surface area contributed by atoms with Gasteiger partial charge in [0.1, 0.15) is 12.0 Å². The molecule has 2 N–H and O–H groups in total. The van der Waals surface area contributed by atoms with E-state index in [2.05, 4.69) is 46.4 Å². The van der Waals surface area contributed by atoms with Crippen molar-refractivity contribution in [3.63, 3.8) is 0 Å². The second-order valence-electron chi connectivity index (χ2n) is 5.74. The number of aromatic nitrogens is 2. The van der Waals surface area contributed by atoms with Gasteiger partial charge in [0, 0.05) is 24.4 Å². The molecule has 0 aliphatic carbocycles. The Balaban J connectivity index is 0.00000261. The van der Waals surface area contributed by atoms with Crippen molar-refractivity contribution in [3.05, 3.63) is 45.0 Å². The lowest BCUT2D eigenvalue weighted by molar-refractivity contribution is 0.574. The van der Waals surface area contributed by atoms with E-state index in [1.54, 1.807) is 28.9 Å². The van der Waals surface area contributed by atoms with Crippen LogP contribution in [0.5, 0.6) is 0 Å². The van der Waals surface area contributed by atoms with Crippen LogP contribution in [-0.4, -0.2) is 29.0 Å². The van der Waals surface area contributed by atoms with Crippen molar-refractivity contribution in [2.45, 2.75) is 33.7 Å². The molecule has 0 aliphatic heterocycles. The third kappa shape index (κ3) is 6.28. The van der Waals surface area contributed by atoms with Crippen molar-refractivity contribution < 1.29 is 4.42 Å². The number of rotatable bonds is 7. The molecule has 0 spiro atoms. The second-order valence-corrected chi connectivity index (χ2v) is 7.98. The predicted octanol–water partition coefficient (Wildman–Crippen LogP) is 4.39. The standard InChI is InChI=1S/C18H23N5OS2.HI/c1-4-19-18(20-8-7-16-22-12(2)13(3)26-16)21-10-14-11-24-17(23-14)15-6-5-9-25-15;/h5-6,9,11H,4,7-8,10H2,1-3H3,(H2,19,20,21);1H. The first kappa shape index (κ1) is 21.8. The molecule has 9 heteroatoms. The Labute approximate surface area is 184 Å². The Bertz CT molecular complexity index is 838. The summed E-state index contributed by atoms with van der Waals surface area (Å²) in [6.07, 6.45) is 2.56. The lowest BCUT2D eigenvalue weighted by Crippen LogP contribution is -2.38. The first-order valence-corrected chi connectivity index (χ1v) is 10.3. The van der Waals surface area contributed by atoms with E-state index in [4.69, 9.17) is 4.42 Å². The average molecular weight is 517 g/mol. The number of hydrogen-bond donors (Lipinski definition) is 2. The molecule has 0 fully saturated rings. The molecule has 0 aliphatic rings. The smallest absolute Gasteiger partial charge is 0.236 e. The summed E-state index contributed by atoms with van der Waals surface area (Å²) in [6, 6.07) is 3.98. The van der Waals surface area contributed by atoms with Gasteiger partial charge in [0.05, 0.1) is 22.1 Å². The maximum atomic E-state index is 5.54. The maximum absolute atomic E-state index is 5.54. The monoisotopic (exact) mass is 517 g/mol. The van der Waals surface area contributed by atoms with Gasteiger partial charge in [-0.2, -0.15) is 0 Å². The first-order valence-electron chi connectivity index (χ1n) is 8.59. The fraction of sp³-hybridized carbons (Fsp3) is 0.389. The first-order chi connectivity index (χ1) is 12.7. The summed E-state index contributed by atoms with van der Waals surface area (Å²) in [5, 5.41) is 9.77. The summed E-state index contributed by atoms with van der Waals surface area (Å²) < 4.78 is 5.54. The maximum Gasteiger partial charge on any atom is 0.236 e. The van der Waals surface area contributed by atoms with E-state index in [0.29, 0.717) is 12.4 Å². The van der Waals surface area contributed by atoms with Crippen LogP contribution < -0.4 is 10.6 Å². The topological polar surface area (TPSA) is 75.3 Å². The summed E-state index contributed by atoms with van der Waals surface area (Å²) in [4.78, 5) is 16.0. The molecule has 0 bridgehead atoms. The van der Waals surface area contributed by atoms with E-state index in [9.17, 15) is 0 Å². The van der Waals surface area contributed by atoms with Gasteiger partial charge in [-0.15, -0.1) is 46.7 Å². The zero-order valence-corrected chi connectivity index (χ0v) is 19.6. The normalized spacial score (nSPS) is 11.3. The van der Waals surface area contributed by atoms with Gasteiger partial charge in [-0.25, -0.2) is 15.0 Å². The molecule has 0 atom stereocenters. The molecule has 0 saturated heterocycles. The van der Waals surface area contributed by atoms with Crippen LogP contribution in [-0.2, 0) is 13.0 Å². The Morgan fingerprint density at radius 1 is 1.26 bits per heavy atom. The van der Waals surface area contributed by atoms with Crippen molar-refractivity contribution in [1.29, 1.82) is 0 Å². The van der Waals surface area contributed by atoms with Gasteiger partial charge in [0.25, 0.3) is 0 Å². The van der Waals surface area contributed by atoms with Gasteiger partial charge in [-0.3, -0.25) is 0 Å². The molecular formula is C18H24IN5OS2. The van der Waals surface area contributed by atoms with Crippen LogP contribution in [0.25, 0.3) is 10.8 Å². The minimum absolute atomic E-state index is 0. The van der Waals surface area contributed by atoms with Gasteiger partial charge in [-0.1, -0.05) is 6.07 Å². The fourth-order valence-corrected chi connectivity index (χ4v) is 3.92. The Kier molecular flexibility index (Phi) is 8.71. The van der Waals surface area contributed by atoms with Gasteiger partial charge >= 0.3 is 0 Å². The molecule has 146 valence electrons. The lowest BCUT2D eigenvalue weighted by atomic mass is 10.4. The minimum atomic E-state index is 0. The van der Waals surface area contributed by atoms with Crippen LogP contribution >= 0.6 is 46.7 Å². The number of thiazole rings is 1. The van der Waals surface area contributed by atoms with Crippen molar-refractivity contribution in [2.75, 3.05) is 13.1 Å². The number of nitrogens with one attached hydrogen (secondary N) is 2. The summed E-state index contributed by atoms with van der Waals surface area (Å²) in [5.41, 5.74) is 1.94. The molecule has 0 unspecified atom stereocenters. The highest BCUT2D eigenvalue weighted by Gasteiger charge is 2.08. The number of aliphatic imine (C=N–C) groups is 1. The number of thiophene rings is 1. The zero-order valence-electron chi connectivity index (χ0n) is 15.6. The molecule has 27 heavy (non-hydrogen) atoms. The quantitative estimate of drug-likeness (QED) is 0.276. The summed E-state index contributed by atoms with van der Waals surface area (Å²) in [5.74, 6) is 1.43. The molecule has 6 nitrogen and oxygen atoms in total. The molecule has 0 amide bonds. The fourth-order valence-electron chi connectivity index (χ4n) is 2.33. The second kappa shape index (κ2) is 10.8. The zero-order chi connectivity index (χ0) is 18.4. The SMILES string of the molecule is CCNC(=NCc1coc(-c2cccs2)n1)NCCc1nc(C)c(C)s1.I. The summed E-state index contributed by atoms with van der Waals surface area (Å²) >= 11 is 3.37. The van der Waals surface area contributed by atoms with Crippen LogP contribution in [0.15, 0.2) is 33.2 Å². The van der Waals surface area contributed by atoms with Crippen molar-refractivity contribution in [1.82, 2.24) is 20.6 Å². The van der Waals surface area contributed by atoms with E-state index < -0.39 is 0 Å². The number of oxazole rings is 1. The molecule has 3 rings (SSSR count). The Morgan fingerprint density at radius 3 is 2.78 bits per heavy atom. The van der Waals surface area contributed by atoms with Gasteiger partial charge in [-0.05, 0) is 32.2 Å². The van der Waals surface area contributed by atoms with Crippen LogP contribution in [0.3, 0.4) is 0 Å². The molecule has 0 saturated carbocycles. The largest absolute Gasteiger partial charge is 0.443 e. The highest BCUT2D eigenvalue weighted by atomic mass is 127. The van der Waals surface area contributed by atoms with Crippen LogP contribution in [0, 0.1) is 13.8 Å². The van der Waals surface area contributed by atoms with Crippen LogP contribution in [0.4, 0.5) is 0 Å². The molecule has 3 aromatic heterocycles. The van der Waals surface area contributed by atoms with Gasteiger partial charge in [0.2, 0.25) is 5.89 Å². The number of aryl methyl sites for hydroxylation is 2. The van der Waals surface area contributed by atoms with E-state index in [1.165, 1.54) is 4.88 Å². The van der Waals surface area contributed by atoms with Crippen molar-refractivity contribution >= 4 is 52.6 Å². The third-order valence-corrected chi connectivity index (χ3v) is 5.72. The summed E-state index contributed by atoms with van der Waals surface area (Å²) in [7, 11) is 0. The van der Waals surface area contributed by atoms with E-state index in [1.807, 2.05) is 17.5 Å². The third-order valence-electron chi connectivity index (χ3n) is 3.73. The van der Waals surface area contributed by atoms with Crippen LogP contribution in [0.2, 0.25) is 0 Å². The van der Waals surface area contributed by atoms with E-state index >= 15 is 0 Å². The number of guanidine groups is 1. The van der Waals surface area contributed by atoms with E-state index in [-0.39, 0.29) is 24.0 Å². The molecule has 3 heterocycles. The predicted molar refractivity (Wildman–Crippen MR) is 123 cm³/mol. The number of halogens is 1. The highest BCUT2D eigenvalue weighted by molar-refractivity contribution is 14.0. The molecule has 0 radical (unpaired) electrons. The van der Waals surface area contributed by atoms with E-state index in [0.717, 1.165) is 46.7 Å². The Hall–Kier alpha value is -1.46.